The largest absolute Gasteiger partial charge is 0.468 e. The van der Waals surface area contributed by atoms with Crippen molar-refractivity contribution in [2.45, 2.75) is 26.5 Å². The quantitative estimate of drug-likeness (QED) is 0.800. The third-order valence-corrected chi connectivity index (χ3v) is 2.94. The van der Waals surface area contributed by atoms with Crippen LogP contribution < -0.4 is 10.1 Å². The summed E-state index contributed by atoms with van der Waals surface area (Å²) < 4.78 is 32.7. The van der Waals surface area contributed by atoms with Gasteiger partial charge in [0.05, 0.1) is 0 Å². The Morgan fingerprint density at radius 2 is 2.18 bits per heavy atom. The summed E-state index contributed by atoms with van der Waals surface area (Å²) in [5.74, 6) is -1.80. The first-order valence-electron chi connectivity index (χ1n) is 6.99. The van der Waals surface area contributed by atoms with Crippen molar-refractivity contribution >= 4 is 5.91 Å². The van der Waals surface area contributed by atoms with E-state index in [1.54, 1.807) is 12.3 Å². The summed E-state index contributed by atoms with van der Waals surface area (Å²) in [4.78, 5) is 11.8. The zero-order valence-electron chi connectivity index (χ0n) is 12.2. The smallest absolute Gasteiger partial charge is 0.271 e. The van der Waals surface area contributed by atoms with Gasteiger partial charge in [-0.1, -0.05) is 13.3 Å². The number of aromatic nitrogens is 2. The van der Waals surface area contributed by atoms with Crippen LogP contribution in [0.1, 0.15) is 30.3 Å². The normalized spacial score (nSPS) is 10.5. The van der Waals surface area contributed by atoms with Crippen molar-refractivity contribution in [3.63, 3.8) is 0 Å². The number of ether oxygens (including phenoxy) is 1. The van der Waals surface area contributed by atoms with Crippen LogP contribution in [0.25, 0.3) is 0 Å². The van der Waals surface area contributed by atoms with Gasteiger partial charge >= 0.3 is 0 Å². The second-order valence-electron chi connectivity index (χ2n) is 4.70. The van der Waals surface area contributed by atoms with Crippen LogP contribution in [0.15, 0.2) is 30.5 Å². The van der Waals surface area contributed by atoms with Crippen LogP contribution in [0.4, 0.5) is 8.78 Å². The lowest BCUT2D eigenvalue weighted by Gasteiger charge is -2.07. The molecular formula is C15H17F2N3O2. The molecule has 1 amide bonds. The Kier molecular flexibility index (Phi) is 5.46. The first-order valence-corrected chi connectivity index (χ1v) is 6.99. The second kappa shape index (κ2) is 7.53. The zero-order chi connectivity index (χ0) is 15.9. The van der Waals surface area contributed by atoms with E-state index in [0.717, 1.165) is 25.0 Å². The fourth-order valence-corrected chi connectivity index (χ4v) is 1.75. The highest BCUT2D eigenvalue weighted by atomic mass is 19.1. The van der Waals surface area contributed by atoms with Crippen molar-refractivity contribution in [3.8, 4) is 5.75 Å². The monoisotopic (exact) mass is 309 g/mol. The van der Waals surface area contributed by atoms with E-state index in [1.165, 1.54) is 10.7 Å². The number of hydrogen-bond acceptors (Lipinski definition) is 3. The summed E-state index contributed by atoms with van der Waals surface area (Å²) in [5, 5.41) is 6.78. The number of rotatable bonds is 7. The Labute approximate surface area is 126 Å². The summed E-state index contributed by atoms with van der Waals surface area (Å²) in [6.07, 6.45) is 3.45. The van der Waals surface area contributed by atoms with Crippen molar-refractivity contribution in [2.75, 3.05) is 6.54 Å². The predicted molar refractivity (Wildman–Crippen MR) is 76.5 cm³/mol. The van der Waals surface area contributed by atoms with E-state index in [1.807, 2.05) is 6.92 Å². The topological polar surface area (TPSA) is 56.2 Å². The van der Waals surface area contributed by atoms with Gasteiger partial charge in [0.2, 0.25) is 0 Å². The molecule has 0 spiro atoms. The van der Waals surface area contributed by atoms with Crippen molar-refractivity contribution < 1.29 is 18.3 Å². The Balaban J connectivity index is 1.90. The molecule has 0 bridgehead atoms. The minimum absolute atomic E-state index is 0.0779. The molecule has 1 N–H and O–H groups in total. The first kappa shape index (κ1) is 15.9. The number of benzene rings is 1. The molecule has 1 aromatic carbocycles. The minimum atomic E-state index is -0.787. The van der Waals surface area contributed by atoms with Gasteiger partial charge in [-0.25, -0.2) is 13.5 Å². The maximum absolute atomic E-state index is 13.4. The summed E-state index contributed by atoms with van der Waals surface area (Å²) in [7, 11) is 0. The lowest BCUT2D eigenvalue weighted by molar-refractivity contribution is 0.0946. The number of amides is 1. The highest BCUT2D eigenvalue weighted by Crippen LogP contribution is 2.17. The molecular weight excluding hydrogens is 292 g/mol. The molecule has 118 valence electrons. The molecule has 1 aromatic heterocycles. The van der Waals surface area contributed by atoms with E-state index < -0.39 is 11.6 Å². The lowest BCUT2D eigenvalue weighted by Crippen LogP contribution is -2.25. The van der Waals surface area contributed by atoms with Crippen LogP contribution in [-0.2, 0) is 6.73 Å². The molecule has 1 heterocycles. The van der Waals surface area contributed by atoms with Crippen molar-refractivity contribution in [1.82, 2.24) is 15.1 Å². The highest BCUT2D eigenvalue weighted by Gasteiger charge is 2.09. The molecule has 22 heavy (non-hydrogen) atoms. The molecule has 2 rings (SSSR count). The molecule has 7 heteroatoms. The average Bonchev–Trinajstić information content (AvgIpc) is 2.95. The second-order valence-corrected chi connectivity index (χ2v) is 4.70. The maximum Gasteiger partial charge on any atom is 0.271 e. The number of unbranched alkanes of at least 4 members (excludes halogenated alkanes) is 1. The van der Waals surface area contributed by atoms with Crippen molar-refractivity contribution in [3.05, 3.63) is 47.8 Å². The van der Waals surface area contributed by atoms with Crippen LogP contribution in [0.2, 0.25) is 0 Å². The molecule has 5 nitrogen and oxygen atoms in total. The van der Waals surface area contributed by atoms with E-state index in [-0.39, 0.29) is 24.1 Å². The Bertz CT molecular complexity index is 643. The third-order valence-electron chi connectivity index (χ3n) is 2.94. The third kappa shape index (κ3) is 4.28. The van der Waals surface area contributed by atoms with Crippen LogP contribution >= 0.6 is 0 Å². The van der Waals surface area contributed by atoms with Crippen LogP contribution in [-0.4, -0.2) is 22.2 Å². The molecule has 0 saturated heterocycles. The van der Waals surface area contributed by atoms with Gasteiger partial charge in [-0.3, -0.25) is 4.79 Å². The van der Waals surface area contributed by atoms with Crippen LogP contribution in [0, 0.1) is 11.6 Å². The molecule has 0 atom stereocenters. The molecule has 0 unspecified atom stereocenters. The van der Waals surface area contributed by atoms with Gasteiger partial charge in [0.15, 0.2) is 18.3 Å². The van der Waals surface area contributed by atoms with Gasteiger partial charge in [0, 0.05) is 18.8 Å². The van der Waals surface area contributed by atoms with Gasteiger partial charge in [0.25, 0.3) is 5.91 Å². The van der Waals surface area contributed by atoms with Gasteiger partial charge in [-0.2, -0.15) is 5.10 Å². The Morgan fingerprint density at radius 1 is 1.36 bits per heavy atom. The molecule has 0 radical (unpaired) electrons. The van der Waals surface area contributed by atoms with E-state index in [0.29, 0.717) is 6.54 Å². The number of carbonyl (C=O) groups is 1. The average molecular weight is 309 g/mol. The van der Waals surface area contributed by atoms with E-state index in [9.17, 15) is 13.6 Å². The summed E-state index contributed by atoms with van der Waals surface area (Å²) >= 11 is 0. The molecule has 0 fully saturated rings. The number of halogens is 2. The van der Waals surface area contributed by atoms with Crippen molar-refractivity contribution in [2.24, 2.45) is 0 Å². The molecule has 0 aliphatic heterocycles. The maximum atomic E-state index is 13.4. The molecule has 0 aliphatic carbocycles. The lowest BCUT2D eigenvalue weighted by atomic mass is 10.3. The van der Waals surface area contributed by atoms with E-state index in [4.69, 9.17) is 4.74 Å². The highest BCUT2D eigenvalue weighted by molar-refractivity contribution is 5.92. The summed E-state index contributed by atoms with van der Waals surface area (Å²) in [6.45, 7) is 2.55. The van der Waals surface area contributed by atoms with Crippen molar-refractivity contribution in [1.29, 1.82) is 0 Å². The van der Waals surface area contributed by atoms with E-state index >= 15 is 0 Å². The molecule has 2 aromatic rings. The Hall–Kier alpha value is -2.44. The number of hydrogen-bond donors (Lipinski definition) is 1. The van der Waals surface area contributed by atoms with E-state index in [2.05, 4.69) is 10.4 Å². The van der Waals surface area contributed by atoms with Gasteiger partial charge in [-0.05, 0) is 24.6 Å². The SMILES string of the molecule is CCCCNC(=O)c1ccn(COc2ccc(F)cc2F)n1. The molecule has 0 aliphatic rings. The number of carbonyl (C=O) groups excluding carboxylic acids is 1. The summed E-state index contributed by atoms with van der Waals surface area (Å²) in [5.41, 5.74) is 0.263. The first-order chi connectivity index (χ1) is 10.6. The zero-order valence-corrected chi connectivity index (χ0v) is 12.2. The summed E-state index contributed by atoms with van der Waals surface area (Å²) in [6, 6.07) is 4.59. The standard InChI is InChI=1S/C15H17F2N3O2/c1-2-3-7-18-15(21)13-6-8-20(19-13)10-22-14-5-4-11(16)9-12(14)17/h4-6,8-9H,2-3,7,10H2,1H3,(H,18,21). The van der Waals surface area contributed by atoms with Crippen LogP contribution in [0.3, 0.4) is 0 Å². The minimum Gasteiger partial charge on any atom is -0.468 e. The fourth-order valence-electron chi connectivity index (χ4n) is 1.75. The van der Waals surface area contributed by atoms with Gasteiger partial charge < -0.3 is 10.1 Å². The fraction of sp³-hybridized carbons (Fsp3) is 0.333. The number of nitrogens with one attached hydrogen (secondary N) is 1. The predicted octanol–water partition coefficient (Wildman–Crippen LogP) is 2.73. The van der Waals surface area contributed by atoms with Gasteiger partial charge in [-0.15, -0.1) is 0 Å². The number of nitrogens with zero attached hydrogens (tertiary/aromatic N) is 2. The molecule has 0 saturated carbocycles. The van der Waals surface area contributed by atoms with Crippen LogP contribution in [0.5, 0.6) is 5.75 Å². The Morgan fingerprint density at radius 3 is 2.91 bits per heavy atom. The van der Waals surface area contributed by atoms with Gasteiger partial charge in [0.1, 0.15) is 11.5 Å².